The summed E-state index contributed by atoms with van der Waals surface area (Å²) in [6, 6.07) is 2.74. The van der Waals surface area contributed by atoms with Gasteiger partial charge in [-0.1, -0.05) is 11.6 Å². The third-order valence-corrected chi connectivity index (χ3v) is 7.10. The lowest BCUT2D eigenvalue weighted by atomic mass is 9.96. The minimum Gasteiger partial charge on any atom is -0.355 e. The molecule has 2 amide bonds. The van der Waals surface area contributed by atoms with Crippen LogP contribution in [0, 0.1) is 5.92 Å². The average molecular weight is 473 g/mol. The smallest absolute Gasteiger partial charge is 0.355 e. The molecule has 0 radical (unpaired) electrons. The van der Waals surface area contributed by atoms with Crippen LogP contribution in [0.3, 0.4) is 0 Å². The zero-order valence-electron chi connectivity index (χ0n) is 16.4. The number of fused-ring (bicyclic) bond motifs is 1. The largest absolute Gasteiger partial charge is 0.417 e. The number of rotatable bonds is 3. The first kappa shape index (κ1) is 21.9. The topological polar surface area (TPSA) is 74.3 Å². The molecule has 2 aliphatic rings. The second kappa shape index (κ2) is 8.66. The van der Waals surface area contributed by atoms with Crippen LogP contribution in [-0.2, 0) is 23.8 Å². The highest BCUT2D eigenvalue weighted by Crippen LogP contribution is 2.35. The van der Waals surface area contributed by atoms with Crippen molar-refractivity contribution in [1.29, 1.82) is 0 Å². The predicted octanol–water partition coefficient (Wildman–Crippen LogP) is 3.98. The lowest BCUT2D eigenvalue weighted by Crippen LogP contribution is -2.47. The summed E-state index contributed by atoms with van der Waals surface area (Å²) in [7, 11) is 0. The number of alkyl halides is 3. The van der Waals surface area contributed by atoms with E-state index in [0.717, 1.165) is 31.5 Å². The Bertz CT molecular complexity index is 981. The molecule has 1 fully saturated rings. The molecule has 1 aliphatic carbocycles. The van der Waals surface area contributed by atoms with Gasteiger partial charge in [-0.15, -0.1) is 11.3 Å². The van der Waals surface area contributed by atoms with Crippen molar-refractivity contribution in [3.05, 3.63) is 44.2 Å². The number of pyridine rings is 1. The Morgan fingerprint density at radius 2 is 1.90 bits per heavy atom. The normalized spacial score (nSPS) is 16.8. The van der Waals surface area contributed by atoms with E-state index in [-0.39, 0.29) is 28.6 Å². The van der Waals surface area contributed by atoms with Crippen molar-refractivity contribution in [3.8, 4) is 0 Å². The molecule has 3 heterocycles. The molecule has 4 rings (SSSR count). The number of hydrogen-bond acceptors (Lipinski definition) is 5. The lowest BCUT2D eigenvalue weighted by molar-refractivity contribution is -0.137. The van der Waals surface area contributed by atoms with Crippen molar-refractivity contribution >= 4 is 40.6 Å². The van der Waals surface area contributed by atoms with Crippen molar-refractivity contribution in [2.24, 2.45) is 5.92 Å². The van der Waals surface area contributed by atoms with Crippen LogP contribution in [0.2, 0.25) is 5.02 Å². The van der Waals surface area contributed by atoms with Crippen molar-refractivity contribution in [2.75, 3.05) is 18.0 Å². The molecule has 2 N–H and O–H groups in total. The third-order valence-electron chi connectivity index (χ3n) is 5.58. The molecular weight excluding hydrogens is 453 g/mol. The Hall–Kier alpha value is -2.33. The number of carbonyl (C=O) groups is 2. The van der Waals surface area contributed by atoms with Crippen molar-refractivity contribution in [2.45, 2.75) is 38.3 Å². The van der Waals surface area contributed by atoms with Crippen LogP contribution in [0.5, 0.6) is 0 Å². The average Bonchev–Trinajstić information content (AvgIpc) is 3.33. The van der Waals surface area contributed by atoms with Crippen LogP contribution in [0.25, 0.3) is 0 Å². The van der Waals surface area contributed by atoms with Gasteiger partial charge >= 0.3 is 6.18 Å². The number of aromatic nitrogens is 1. The minimum absolute atomic E-state index is 0.0761. The molecule has 0 atom stereocenters. The maximum atomic E-state index is 12.8. The van der Waals surface area contributed by atoms with Gasteiger partial charge in [0.05, 0.1) is 15.5 Å². The first-order valence-electron chi connectivity index (χ1n) is 9.92. The van der Waals surface area contributed by atoms with Gasteiger partial charge < -0.3 is 4.90 Å². The predicted molar refractivity (Wildman–Crippen MR) is 111 cm³/mol. The van der Waals surface area contributed by atoms with Gasteiger partial charge in [0, 0.05) is 30.1 Å². The van der Waals surface area contributed by atoms with E-state index in [2.05, 4.69) is 15.8 Å². The Balaban J connectivity index is 1.28. The van der Waals surface area contributed by atoms with E-state index in [1.165, 1.54) is 21.8 Å². The zero-order chi connectivity index (χ0) is 22.2. The molecule has 0 unspecified atom stereocenters. The number of hydrogen-bond donors (Lipinski definition) is 2. The summed E-state index contributed by atoms with van der Waals surface area (Å²) >= 11 is 7.47. The van der Waals surface area contributed by atoms with Gasteiger partial charge in [0.2, 0.25) is 5.91 Å². The highest BCUT2D eigenvalue weighted by Gasteiger charge is 2.33. The van der Waals surface area contributed by atoms with E-state index in [4.69, 9.17) is 11.6 Å². The van der Waals surface area contributed by atoms with Gasteiger partial charge in [-0.25, -0.2) is 4.98 Å². The molecule has 2 aromatic rings. The minimum atomic E-state index is -4.51. The number of carbonyl (C=O) groups excluding carboxylic acids is 2. The number of aryl methyl sites for hydroxylation is 2. The number of piperidine rings is 1. The number of halogens is 4. The standard InChI is InChI=1S/C20H20ClF3N4O2S/c21-14-9-13(20(22,23)24)10-25-17(14)28-6-4-11(5-7-28)18(29)26-27-19(30)16-8-12-2-1-3-15(12)31-16/h8-11H,1-7H2,(H,26,29)(H,27,30). The molecule has 2 aromatic heterocycles. The van der Waals surface area contributed by atoms with Crippen molar-refractivity contribution in [1.82, 2.24) is 15.8 Å². The highest BCUT2D eigenvalue weighted by atomic mass is 35.5. The van der Waals surface area contributed by atoms with Crippen molar-refractivity contribution in [3.63, 3.8) is 0 Å². The molecule has 1 aliphatic heterocycles. The first-order chi connectivity index (χ1) is 14.7. The molecule has 1 saturated heterocycles. The highest BCUT2D eigenvalue weighted by molar-refractivity contribution is 7.14. The van der Waals surface area contributed by atoms with E-state index < -0.39 is 11.7 Å². The Kier molecular flexibility index (Phi) is 6.11. The molecule has 31 heavy (non-hydrogen) atoms. The first-order valence-corrected chi connectivity index (χ1v) is 11.1. The van der Waals surface area contributed by atoms with Crippen LogP contribution in [0.15, 0.2) is 18.3 Å². The second-order valence-corrected chi connectivity index (χ2v) is 9.19. The summed E-state index contributed by atoms with van der Waals surface area (Å²) in [6.07, 6.45) is 0.287. The van der Waals surface area contributed by atoms with E-state index in [9.17, 15) is 22.8 Å². The van der Waals surface area contributed by atoms with Crippen LogP contribution in [-0.4, -0.2) is 29.9 Å². The summed E-state index contributed by atoms with van der Waals surface area (Å²) < 4.78 is 38.3. The number of amides is 2. The number of hydrazine groups is 1. The summed E-state index contributed by atoms with van der Waals surface area (Å²) in [5, 5.41) is -0.0761. The van der Waals surface area contributed by atoms with Crippen molar-refractivity contribution < 1.29 is 22.8 Å². The fraction of sp³-hybridized carbons (Fsp3) is 0.450. The molecule has 0 spiro atoms. The summed E-state index contributed by atoms with van der Waals surface area (Å²) in [5.74, 6) is -0.666. The second-order valence-electron chi connectivity index (χ2n) is 7.64. The molecule has 0 bridgehead atoms. The monoisotopic (exact) mass is 472 g/mol. The molecule has 0 aromatic carbocycles. The molecule has 11 heteroatoms. The lowest BCUT2D eigenvalue weighted by Gasteiger charge is -2.32. The molecule has 6 nitrogen and oxygen atoms in total. The summed E-state index contributed by atoms with van der Waals surface area (Å²) in [6.45, 7) is 0.837. The van der Waals surface area contributed by atoms with E-state index >= 15 is 0 Å². The maximum Gasteiger partial charge on any atom is 0.417 e. The van der Waals surface area contributed by atoms with Crippen LogP contribution in [0.1, 0.15) is 44.9 Å². The van der Waals surface area contributed by atoms with E-state index in [0.29, 0.717) is 30.8 Å². The van der Waals surface area contributed by atoms with Gasteiger partial charge in [0.1, 0.15) is 5.82 Å². The van der Waals surface area contributed by atoms with E-state index in [1.807, 2.05) is 6.07 Å². The van der Waals surface area contributed by atoms with Crippen LogP contribution < -0.4 is 15.8 Å². The Morgan fingerprint density at radius 1 is 1.16 bits per heavy atom. The number of thiophene rings is 1. The van der Waals surface area contributed by atoms with Gasteiger partial charge in [-0.05, 0) is 49.8 Å². The number of anilines is 1. The fourth-order valence-electron chi connectivity index (χ4n) is 3.89. The Labute approximate surface area is 185 Å². The zero-order valence-corrected chi connectivity index (χ0v) is 18.0. The number of nitrogens with one attached hydrogen (secondary N) is 2. The summed E-state index contributed by atoms with van der Waals surface area (Å²) in [4.78, 5) is 32.2. The van der Waals surface area contributed by atoms with Crippen LogP contribution in [0.4, 0.5) is 19.0 Å². The summed E-state index contributed by atoms with van der Waals surface area (Å²) in [5.41, 5.74) is 5.28. The maximum absolute atomic E-state index is 12.8. The Morgan fingerprint density at radius 3 is 2.55 bits per heavy atom. The molecular formula is C20H20ClF3N4O2S. The van der Waals surface area contributed by atoms with Gasteiger partial charge in [-0.2, -0.15) is 13.2 Å². The van der Waals surface area contributed by atoms with Gasteiger partial charge in [0.25, 0.3) is 5.91 Å². The van der Waals surface area contributed by atoms with E-state index in [1.54, 1.807) is 4.90 Å². The number of nitrogens with zero attached hydrogens (tertiary/aromatic N) is 2. The fourth-order valence-corrected chi connectivity index (χ4v) is 5.33. The van der Waals surface area contributed by atoms with Gasteiger partial charge in [-0.3, -0.25) is 20.4 Å². The molecule has 0 saturated carbocycles. The van der Waals surface area contributed by atoms with Crippen LogP contribution >= 0.6 is 22.9 Å². The third kappa shape index (κ3) is 4.79. The molecule has 166 valence electrons. The SMILES string of the molecule is O=C(NNC(=O)C1CCN(c2ncc(C(F)(F)F)cc2Cl)CC1)c1cc2c(s1)CCC2. The van der Waals surface area contributed by atoms with Gasteiger partial charge in [0.15, 0.2) is 0 Å². The quantitative estimate of drug-likeness (QED) is 0.663.